The molecule has 0 spiro atoms. The van der Waals surface area contributed by atoms with Gasteiger partial charge in [-0.1, -0.05) is 18.2 Å². The Hall–Kier alpha value is -1.51. The van der Waals surface area contributed by atoms with E-state index in [-0.39, 0.29) is 17.9 Å². The van der Waals surface area contributed by atoms with Crippen molar-refractivity contribution in [3.8, 4) is 0 Å². The number of halogens is 1. The summed E-state index contributed by atoms with van der Waals surface area (Å²) in [5.41, 5.74) is 0. The molecule has 1 fully saturated rings. The summed E-state index contributed by atoms with van der Waals surface area (Å²) in [5, 5.41) is 9.90. The molecule has 0 amide bonds. The number of carbonyl (C=O) groups excluding carboxylic acids is 1. The minimum atomic E-state index is -3.98. The second-order valence-corrected chi connectivity index (χ2v) is 6.65. The molecule has 1 heterocycles. The molecule has 0 saturated carbocycles. The van der Waals surface area contributed by atoms with Gasteiger partial charge in [-0.3, -0.25) is 14.9 Å². The predicted molar refractivity (Wildman–Crippen MR) is 70.4 cm³/mol. The number of hydrogen-bond donors (Lipinski definition) is 0. The minimum absolute atomic E-state index is 0.0214. The van der Waals surface area contributed by atoms with Crippen LogP contribution in [0.15, 0.2) is 35.2 Å². The van der Waals surface area contributed by atoms with E-state index in [1.54, 1.807) is 6.07 Å². The molecule has 1 aromatic carbocycles. The summed E-state index contributed by atoms with van der Waals surface area (Å²) in [6, 6.07) is 5.12. The molecule has 0 aromatic heterocycles. The van der Waals surface area contributed by atoms with E-state index in [9.17, 15) is 23.3 Å². The molecule has 0 aliphatic carbocycles. The van der Waals surface area contributed by atoms with Crippen LogP contribution in [0.1, 0.15) is 6.42 Å². The first kappa shape index (κ1) is 14.9. The number of hydrogen-bond acceptors (Lipinski definition) is 5. The molecular weight excluding hydrogens is 308 g/mol. The predicted octanol–water partition coefficient (Wildman–Crippen LogP) is 0.860. The summed E-state index contributed by atoms with van der Waals surface area (Å²) in [5.74, 6) is 0. The van der Waals surface area contributed by atoms with E-state index in [4.69, 9.17) is 11.6 Å². The Kier molecular flexibility index (Phi) is 4.07. The van der Waals surface area contributed by atoms with Crippen LogP contribution in [0.3, 0.4) is 0 Å². The molecule has 1 saturated heterocycles. The molecule has 1 aliphatic heterocycles. The Morgan fingerprint density at radius 1 is 1.35 bits per heavy atom. The average molecular weight is 319 g/mol. The average Bonchev–Trinajstić information content (AvgIpc) is 2.86. The van der Waals surface area contributed by atoms with Crippen LogP contribution < -0.4 is 0 Å². The summed E-state index contributed by atoms with van der Waals surface area (Å²) in [6.45, 7) is -0.354. The van der Waals surface area contributed by atoms with E-state index in [1.807, 2.05) is 0 Å². The fourth-order valence-corrected chi connectivity index (χ4v) is 4.06. The van der Waals surface area contributed by atoms with Crippen molar-refractivity contribution in [2.45, 2.75) is 23.4 Å². The topological polar surface area (TPSA) is 97.6 Å². The van der Waals surface area contributed by atoms with Crippen molar-refractivity contribution in [3.63, 3.8) is 0 Å². The molecule has 2 rings (SSSR count). The molecule has 7 nitrogen and oxygen atoms in total. The molecule has 0 radical (unpaired) electrons. The van der Waals surface area contributed by atoms with Gasteiger partial charge in [0.15, 0.2) is 0 Å². The van der Waals surface area contributed by atoms with Gasteiger partial charge in [-0.2, -0.15) is 4.31 Å². The van der Waals surface area contributed by atoms with Crippen LogP contribution in [0.5, 0.6) is 0 Å². The zero-order chi connectivity index (χ0) is 14.9. The van der Waals surface area contributed by atoms with Crippen LogP contribution in [-0.4, -0.2) is 41.5 Å². The molecule has 9 heteroatoms. The molecule has 1 aliphatic rings. The summed E-state index contributed by atoms with van der Waals surface area (Å²) >= 11 is 5.37. The van der Waals surface area contributed by atoms with E-state index >= 15 is 0 Å². The van der Waals surface area contributed by atoms with Gasteiger partial charge in [-0.25, -0.2) is 8.42 Å². The Morgan fingerprint density at radius 3 is 2.45 bits per heavy atom. The molecule has 0 bridgehead atoms. The highest BCUT2D eigenvalue weighted by Crippen LogP contribution is 2.28. The van der Waals surface area contributed by atoms with Crippen LogP contribution in [0.25, 0.3) is 0 Å². The normalized spacial score (nSPS) is 23.6. The lowest BCUT2D eigenvalue weighted by molar-refractivity contribution is -0.517. The van der Waals surface area contributed by atoms with Gasteiger partial charge in [-0.15, -0.1) is 0 Å². The summed E-state index contributed by atoms with van der Waals surface area (Å²) in [6.07, 6.45) is -0.207. The fourth-order valence-electron chi connectivity index (χ4n) is 2.14. The van der Waals surface area contributed by atoms with Crippen LogP contribution in [0.4, 0.5) is 0 Å². The third-order valence-electron chi connectivity index (χ3n) is 3.14. The lowest BCUT2D eigenvalue weighted by atomic mass is 10.2. The summed E-state index contributed by atoms with van der Waals surface area (Å²) < 4.78 is 25.6. The van der Waals surface area contributed by atoms with Crippen molar-refractivity contribution in [2.24, 2.45) is 0 Å². The lowest BCUT2D eigenvalue weighted by Gasteiger charge is -2.20. The van der Waals surface area contributed by atoms with Gasteiger partial charge in [0.1, 0.15) is 6.04 Å². The van der Waals surface area contributed by atoms with E-state index in [2.05, 4.69) is 0 Å². The zero-order valence-electron chi connectivity index (χ0n) is 10.2. The zero-order valence-corrected chi connectivity index (χ0v) is 11.7. The highest BCUT2D eigenvalue weighted by molar-refractivity contribution is 7.89. The number of rotatable bonds is 4. The monoisotopic (exact) mass is 318 g/mol. The Bertz CT molecular complexity index is 633. The fraction of sp³-hybridized carbons (Fsp3) is 0.364. The Balaban J connectivity index is 2.39. The number of nitro groups is 1. The number of carbonyl (C=O) groups is 1. The van der Waals surface area contributed by atoms with E-state index in [0.29, 0.717) is 0 Å². The van der Waals surface area contributed by atoms with Crippen LogP contribution in [0, 0.1) is 10.1 Å². The van der Waals surface area contributed by atoms with E-state index in [1.165, 1.54) is 24.3 Å². The van der Waals surface area contributed by atoms with Gasteiger partial charge in [0.2, 0.25) is 21.3 Å². The summed E-state index contributed by atoms with van der Waals surface area (Å²) in [7, 11) is -3.98. The van der Waals surface area contributed by atoms with Crippen molar-refractivity contribution in [2.75, 3.05) is 6.54 Å². The maximum absolute atomic E-state index is 12.4. The second-order valence-electron chi connectivity index (χ2n) is 4.38. The van der Waals surface area contributed by atoms with Crippen molar-refractivity contribution in [1.29, 1.82) is 0 Å². The van der Waals surface area contributed by atoms with E-state index < -0.39 is 32.3 Å². The van der Waals surface area contributed by atoms with Crippen molar-refractivity contribution in [3.05, 3.63) is 40.4 Å². The maximum atomic E-state index is 12.4. The van der Waals surface area contributed by atoms with Crippen molar-refractivity contribution in [1.82, 2.24) is 4.31 Å². The number of nitrogens with zero attached hydrogens (tertiary/aromatic N) is 2. The largest absolute Gasteiger partial charge is 0.279 e. The SMILES string of the molecule is O=C(Cl)[C@@H]1CC([N+](=O)[O-])CN1S(=O)(=O)c1ccccc1. The quantitative estimate of drug-likeness (QED) is 0.466. The number of benzene rings is 1. The molecule has 1 unspecified atom stereocenters. The Labute approximate surface area is 120 Å². The molecule has 2 atom stereocenters. The highest BCUT2D eigenvalue weighted by Gasteiger charge is 2.48. The third-order valence-corrected chi connectivity index (χ3v) is 5.28. The highest BCUT2D eigenvalue weighted by atomic mass is 35.5. The summed E-state index contributed by atoms with van der Waals surface area (Å²) in [4.78, 5) is 21.5. The smallest absolute Gasteiger partial charge is 0.244 e. The van der Waals surface area contributed by atoms with Gasteiger partial charge in [0.05, 0.1) is 11.4 Å². The third kappa shape index (κ3) is 2.67. The molecule has 1 aromatic rings. The maximum Gasteiger partial charge on any atom is 0.244 e. The first-order valence-corrected chi connectivity index (χ1v) is 7.55. The lowest BCUT2D eigenvalue weighted by Crippen LogP contribution is -2.39. The van der Waals surface area contributed by atoms with Crippen molar-refractivity contribution >= 4 is 26.9 Å². The van der Waals surface area contributed by atoms with Crippen LogP contribution in [-0.2, 0) is 14.8 Å². The van der Waals surface area contributed by atoms with Gasteiger partial charge in [0, 0.05) is 11.3 Å². The minimum Gasteiger partial charge on any atom is -0.279 e. The molecule has 108 valence electrons. The van der Waals surface area contributed by atoms with Gasteiger partial charge in [0.25, 0.3) is 0 Å². The van der Waals surface area contributed by atoms with Crippen molar-refractivity contribution < 1.29 is 18.1 Å². The Morgan fingerprint density at radius 2 is 1.95 bits per heavy atom. The standard InChI is InChI=1S/C11H11ClN2O5S/c12-11(15)10-6-8(14(16)17)7-13(10)20(18,19)9-4-2-1-3-5-9/h1-5,8,10H,6-7H2/t8?,10-/m0/s1. The first-order valence-electron chi connectivity index (χ1n) is 5.74. The molecular formula is C11H11ClN2O5S. The van der Waals surface area contributed by atoms with Gasteiger partial charge < -0.3 is 0 Å². The molecule has 0 N–H and O–H groups in total. The number of sulfonamides is 1. The van der Waals surface area contributed by atoms with Crippen LogP contribution >= 0.6 is 11.6 Å². The van der Waals surface area contributed by atoms with Crippen LogP contribution in [0.2, 0.25) is 0 Å². The first-order chi connectivity index (χ1) is 9.34. The van der Waals surface area contributed by atoms with Gasteiger partial charge in [-0.05, 0) is 23.7 Å². The second kappa shape index (κ2) is 5.47. The molecule has 20 heavy (non-hydrogen) atoms. The van der Waals surface area contributed by atoms with E-state index in [0.717, 1.165) is 4.31 Å². The van der Waals surface area contributed by atoms with Gasteiger partial charge >= 0.3 is 0 Å².